The molecule has 2 N–H and O–H groups in total. The van der Waals surface area contributed by atoms with Gasteiger partial charge in [0.05, 0.1) is 19.6 Å². The van der Waals surface area contributed by atoms with Crippen LogP contribution in [0.25, 0.3) is 0 Å². The first-order chi connectivity index (χ1) is 21.0. The molecule has 9 heteroatoms. The molecule has 0 aromatic heterocycles. The number of hydrogen-bond donors (Lipinski definition) is 2. The van der Waals surface area contributed by atoms with Gasteiger partial charge < -0.3 is 10.2 Å². The van der Waals surface area contributed by atoms with E-state index in [-0.39, 0.29) is 57.3 Å². The molecule has 4 aromatic carbocycles. The molecule has 0 heterocycles. The molecule has 0 amide bonds. The molecular formula is C36H34O6S2Zr. The van der Waals surface area contributed by atoms with Gasteiger partial charge in [0.2, 0.25) is 19.7 Å². The van der Waals surface area contributed by atoms with Crippen molar-refractivity contribution in [1.82, 2.24) is 0 Å². The average Bonchev–Trinajstić information content (AvgIpc) is 3.79. The number of sulfone groups is 2. The van der Waals surface area contributed by atoms with Crippen LogP contribution in [-0.4, -0.2) is 27.0 Å². The number of rotatable bonds is 4. The normalized spacial score (nSPS) is 12.5. The zero-order valence-electron chi connectivity index (χ0n) is 25.0. The van der Waals surface area contributed by atoms with Gasteiger partial charge in [0.15, 0.2) is 0 Å². The second kappa shape index (κ2) is 18.3. The molecule has 0 saturated carbocycles. The van der Waals surface area contributed by atoms with Gasteiger partial charge in [0, 0.05) is 0 Å². The summed E-state index contributed by atoms with van der Waals surface area (Å²) >= 11 is 0. The predicted octanol–water partition coefficient (Wildman–Crippen LogP) is 7.68. The van der Waals surface area contributed by atoms with Gasteiger partial charge in [-0.05, 0) is 86.6 Å². The number of phenolic OH excluding ortho intramolecular Hbond substituents is 2. The third-order valence-corrected chi connectivity index (χ3v) is 9.70. The Morgan fingerprint density at radius 3 is 0.956 bits per heavy atom. The van der Waals surface area contributed by atoms with Crippen LogP contribution in [0.2, 0.25) is 0 Å². The molecule has 4 aromatic rings. The maximum Gasteiger partial charge on any atom is 2.00 e. The van der Waals surface area contributed by atoms with E-state index >= 15 is 0 Å². The Labute approximate surface area is 285 Å². The molecule has 0 saturated heterocycles. The molecule has 230 valence electrons. The molecule has 0 radical (unpaired) electrons. The van der Waals surface area contributed by atoms with Crippen LogP contribution in [0.5, 0.6) is 11.5 Å². The van der Waals surface area contributed by atoms with E-state index in [4.69, 9.17) is 10.2 Å². The summed E-state index contributed by atoms with van der Waals surface area (Å²) in [5.41, 5.74) is 2.02. The maximum absolute atomic E-state index is 12.2. The van der Waals surface area contributed by atoms with E-state index < -0.39 is 19.7 Å². The molecule has 0 bridgehead atoms. The summed E-state index contributed by atoms with van der Waals surface area (Å²) < 4.78 is 48.7. The second-order valence-corrected chi connectivity index (χ2v) is 13.5. The maximum atomic E-state index is 12.2. The van der Waals surface area contributed by atoms with Crippen LogP contribution < -0.4 is 0 Å². The molecule has 0 aliphatic heterocycles. The summed E-state index contributed by atoms with van der Waals surface area (Å²) in [6.07, 6.45) is 20.0. The Bertz CT molecular complexity index is 1560. The van der Waals surface area contributed by atoms with E-state index in [0.29, 0.717) is 0 Å². The number of phenols is 2. The van der Waals surface area contributed by atoms with Crippen LogP contribution >= 0.6 is 0 Å². The van der Waals surface area contributed by atoms with Crippen molar-refractivity contribution in [1.29, 1.82) is 0 Å². The third kappa shape index (κ3) is 11.9. The molecule has 2 aliphatic carbocycles. The van der Waals surface area contributed by atoms with Crippen LogP contribution in [0.15, 0.2) is 153 Å². The quantitative estimate of drug-likeness (QED) is 0.210. The molecule has 0 spiro atoms. The van der Waals surface area contributed by atoms with Crippen molar-refractivity contribution in [2.24, 2.45) is 0 Å². The minimum atomic E-state index is -3.48. The number of aromatic hydroxyl groups is 2. The van der Waals surface area contributed by atoms with Gasteiger partial charge in [-0.3, -0.25) is 12.2 Å². The van der Waals surface area contributed by atoms with E-state index in [9.17, 15) is 16.8 Å². The first-order valence-electron chi connectivity index (χ1n) is 13.7. The molecule has 0 atom stereocenters. The molecule has 0 unspecified atom stereocenters. The largest absolute Gasteiger partial charge is 2.00 e. The van der Waals surface area contributed by atoms with Crippen molar-refractivity contribution in [2.45, 2.75) is 46.3 Å². The number of allylic oxidation sites excluding steroid dienone is 8. The number of benzene rings is 4. The molecule has 6 nitrogen and oxygen atoms in total. The fraction of sp³-hybridized carbons (Fsp3) is 0.111. The van der Waals surface area contributed by atoms with Crippen molar-refractivity contribution >= 4 is 19.7 Å². The predicted molar refractivity (Wildman–Crippen MR) is 173 cm³/mol. The molecule has 45 heavy (non-hydrogen) atoms. The second-order valence-electron chi connectivity index (χ2n) is 9.63. The first kappa shape index (κ1) is 37.4. The number of aryl methyl sites for hydroxylation is 2. The summed E-state index contributed by atoms with van der Waals surface area (Å²) in [5.74, 6) is 0.0979. The van der Waals surface area contributed by atoms with Crippen molar-refractivity contribution in [3.63, 3.8) is 0 Å². The average molecular weight is 718 g/mol. The zero-order valence-corrected chi connectivity index (χ0v) is 29.1. The fourth-order valence-electron chi connectivity index (χ4n) is 3.64. The summed E-state index contributed by atoms with van der Waals surface area (Å²) in [7, 11) is -6.97. The smallest absolute Gasteiger partial charge is 0.508 e. The van der Waals surface area contributed by atoms with E-state index in [1.807, 2.05) is 38.2 Å². The Morgan fingerprint density at radius 2 is 0.756 bits per heavy atom. The van der Waals surface area contributed by atoms with Crippen molar-refractivity contribution < 1.29 is 53.3 Å². The van der Waals surface area contributed by atoms with E-state index in [1.54, 1.807) is 48.5 Å². The molecule has 0 fully saturated rings. The zero-order chi connectivity index (χ0) is 32.0. The van der Waals surface area contributed by atoms with Crippen LogP contribution in [0.3, 0.4) is 0 Å². The van der Waals surface area contributed by atoms with Gasteiger partial charge in [-0.15, -0.1) is 12.8 Å². The van der Waals surface area contributed by atoms with Gasteiger partial charge in [0.25, 0.3) is 0 Å². The van der Waals surface area contributed by atoms with Gasteiger partial charge >= 0.3 is 26.2 Å². The minimum absolute atomic E-state index is 0. The van der Waals surface area contributed by atoms with Crippen LogP contribution in [-0.2, 0) is 45.9 Å². The standard InChI is InChI=1S/2C13H12O3S.2C5H5.Zr/c2*1-10-2-6-12(7-3-10)17(15,16)13-8-4-11(14)5-9-13;2*1-2-4-5-3-1;/h2*2-9,14H,1H3;2*1-3H,4H2;/q;;2*-1;+2. The van der Waals surface area contributed by atoms with E-state index in [2.05, 4.69) is 24.3 Å². The summed E-state index contributed by atoms with van der Waals surface area (Å²) in [4.78, 5) is 0.876. The molecule has 6 rings (SSSR count). The van der Waals surface area contributed by atoms with Crippen molar-refractivity contribution in [3.8, 4) is 11.5 Å². The summed E-state index contributed by atoms with van der Waals surface area (Å²) in [6, 6.07) is 24.4. The summed E-state index contributed by atoms with van der Waals surface area (Å²) in [5, 5.41) is 18.3. The fourth-order valence-corrected chi connectivity index (χ4v) is 6.16. The Morgan fingerprint density at radius 1 is 0.489 bits per heavy atom. The van der Waals surface area contributed by atoms with Gasteiger partial charge in [-0.25, -0.2) is 41.1 Å². The van der Waals surface area contributed by atoms with Crippen molar-refractivity contribution in [2.75, 3.05) is 0 Å². The third-order valence-electron chi connectivity index (χ3n) is 6.13. The number of hydrogen-bond acceptors (Lipinski definition) is 6. The Hall–Kier alpha value is -3.78. The minimum Gasteiger partial charge on any atom is -0.508 e. The first-order valence-corrected chi connectivity index (χ1v) is 16.6. The molecule has 2 aliphatic rings. The Kier molecular flexibility index (Phi) is 15.2. The van der Waals surface area contributed by atoms with Gasteiger partial charge in [-0.2, -0.15) is 12.2 Å². The Balaban J connectivity index is 0.000000235. The van der Waals surface area contributed by atoms with Crippen molar-refractivity contribution in [3.05, 3.63) is 157 Å². The van der Waals surface area contributed by atoms with Gasteiger partial charge in [-0.1, -0.05) is 35.4 Å². The van der Waals surface area contributed by atoms with Crippen LogP contribution in [0, 0.1) is 26.0 Å². The van der Waals surface area contributed by atoms with E-state index in [1.165, 1.54) is 48.5 Å². The monoisotopic (exact) mass is 716 g/mol. The van der Waals surface area contributed by atoms with E-state index in [0.717, 1.165) is 24.0 Å². The summed E-state index contributed by atoms with van der Waals surface area (Å²) in [6.45, 7) is 3.80. The topological polar surface area (TPSA) is 109 Å². The molecular weight excluding hydrogens is 684 g/mol. The SMILES string of the molecule is Cc1ccc(S(=O)(=O)c2ccc(O)cc2)cc1.Cc1ccc(S(=O)(=O)c2ccc(O)cc2)cc1.[C-]1=CC=CC1.[C-]1=CC=CC1.[Zr+2]. The van der Waals surface area contributed by atoms with Crippen LogP contribution in [0.4, 0.5) is 0 Å². The van der Waals surface area contributed by atoms with Crippen LogP contribution in [0.1, 0.15) is 24.0 Å². The van der Waals surface area contributed by atoms with Gasteiger partial charge in [0.1, 0.15) is 11.5 Å².